The summed E-state index contributed by atoms with van der Waals surface area (Å²) in [6, 6.07) is 3.59. The minimum Gasteiger partial charge on any atom is -0.481 e. The van der Waals surface area contributed by atoms with Gasteiger partial charge in [0.2, 0.25) is 5.88 Å². The van der Waals surface area contributed by atoms with E-state index in [2.05, 4.69) is 15.2 Å². The summed E-state index contributed by atoms with van der Waals surface area (Å²) < 4.78 is 4.94. The molecule has 0 aliphatic rings. The predicted octanol–water partition coefficient (Wildman–Crippen LogP) is 2.11. The van der Waals surface area contributed by atoms with Gasteiger partial charge in [-0.1, -0.05) is 0 Å². The Morgan fingerprint density at radius 1 is 1.42 bits per heavy atom. The second-order valence-corrected chi connectivity index (χ2v) is 2.26. The van der Waals surface area contributed by atoms with Gasteiger partial charge in [0.25, 0.3) is 0 Å². The van der Waals surface area contributed by atoms with Gasteiger partial charge in [0.15, 0.2) is 0 Å². The number of nitrogens with zero attached hydrogens (tertiary/aromatic N) is 3. The van der Waals surface area contributed by atoms with Crippen molar-refractivity contribution in [2.75, 3.05) is 14.2 Å². The van der Waals surface area contributed by atoms with E-state index >= 15 is 0 Å². The van der Waals surface area contributed by atoms with Crippen molar-refractivity contribution in [1.82, 2.24) is 4.98 Å². The number of aromatic nitrogens is 1. The third-order valence-corrected chi connectivity index (χ3v) is 1.45. The zero-order valence-corrected chi connectivity index (χ0v) is 7.40. The molecule has 0 bridgehead atoms. The molecular weight excluding hydrogens is 154 g/mol. The average Bonchev–Trinajstić information content (AvgIpc) is 2.09. The molecule has 1 aromatic rings. The molecule has 0 atom stereocenters. The molecule has 4 heteroatoms. The van der Waals surface area contributed by atoms with Gasteiger partial charge >= 0.3 is 0 Å². The summed E-state index contributed by atoms with van der Waals surface area (Å²) in [6.45, 7) is 1.87. The average molecular weight is 165 g/mol. The van der Waals surface area contributed by atoms with Crippen LogP contribution in [0.25, 0.3) is 0 Å². The van der Waals surface area contributed by atoms with Gasteiger partial charge in [0.05, 0.1) is 12.8 Å². The summed E-state index contributed by atoms with van der Waals surface area (Å²) in [4.78, 5) is 4.13. The quantitative estimate of drug-likeness (QED) is 0.630. The minimum atomic E-state index is 0.600. The third kappa shape index (κ3) is 1.78. The van der Waals surface area contributed by atoms with Crippen molar-refractivity contribution in [3.05, 3.63) is 17.8 Å². The number of azo groups is 1. The van der Waals surface area contributed by atoms with Gasteiger partial charge in [-0.05, 0) is 13.0 Å². The molecule has 1 heterocycles. The fourth-order valence-electron chi connectivity index (χ4n) is 0.858. The van der Waals surface area contributed by atoms with Gasteiger partial charge in [-0.3, -0.25) is 0 Å². The highest BCUT2D eigenvalue weighted by Gasteiger charge is 1.99. The van der Waals surface area contributed by atoms with E-state index in [0.717, 1.165) is 11.4 Å². The molecule has 0 spiro atoms. The Labute approximate surface area is 71.3 Å². The van der Waals surface area contributed by atoms with E-state index in [0.29, 0.717) is 5.88 Å². The van der Waals surface area contributed by atoms with Gasteiger partial charge < -0.3 is 4.74 Å². The lowest BCUT2D eigenvalue weighted by Crippen LogP contribution is -1.88. The summed E-state index contributed by atoms with van der Waals surface area (Å²) >= 11 is 0. The molecule has 4 nitrogen and oxygen atoms in total. The van der Waals surface area contributed by atoms with Gasteiger partial charge in [-0.15, -0.1) is 0 Å². The molecule has 0 radical (unpaired) electrons. The lowest BCUT2D eigenvalue weighted by Gasteiger charge is -2.00. The maximum Gasteiger partial charge on any atom is 0.213 e. The Kier molecular flexibility index (Phi) is 2.74. The third-order valence-electron chi connectivity index (χ3n) is 1.45. The molecule has 1 aromatic heterocycles. The van der Waals surface area contributed by atoms with Crippen molar-refractivity contribution in [2.24, 2.45) is 10.2 Å². The van der Waals surface area contributed by atoms with E-state index < -0.39 is 0 Å². The standard InChI is InChI=1S/C8H11N3O/c1-6-7(11-9-2)4-5-8(10-6)12-3/h4-5H,1-3H3. The molecule has 64 valence electrons. The van der Waals surface area contributed by atoms with Crippen LogP contribution in [0.5, 0.6) is 5.88 Å². The van der Waals surface area contributed by atoms with Crippen LogP contribution in [-0.4, -0.2) is 19.1 Å². The van der Waals surface area contributed by atoms with E-state index in [1.165, 1.54) is 0 Å². The van der Waals surface area contributed by atoms with E-state index in [-0.39, 0.29) is 0 Å². The summed E-state index contributed by atoms with van der Waals surface area (Å²) in [5.41, 5.74) is 1.60. The van der Waals surface area contributed by atoms with Gasteiger partial charge in [-0.2, -0.15) is 10.2 Å². The normalized spacial score (nSPS) is 10.6. The second kappa shape index (κ2) is 3.80. The molecular formula is C8H11N3O. The van der Waals surface area contributed by atoms with Crippen LogP contribution < -0.4 is 4.74 Å². The highest BCUT2D eigenvalue weighted by atomic mass is 16.5. The largest absolute Gasteiger partial charge is 0.481 e. The van der Waals surface area contributed by atoms with Crippen molar-refractivity contribution in [3.8, 4) is 5.88 Å². The zero-order valence-electron chi connectivity index (χ0n) is 7.40. The summed E-state index contributed by atoms with van der Waals surface area (Å²) in [5, 5.41) is 7.55. The van der Waals surface area contributed by atoms with Crippen LogP contribution in [-0.2, 0) is 0 Å². The van der Waals surface area contributed by atoms with Crippen molar-refractivity contribution in [1.29, 1.82) is 0 Å². The van der Waals surface area contributed by atoms with Gasteiger partial charge in [0.1, 0.15) is 5.69 Å². The summed E-state index contributed by atoms with van der Waals surface area (Å²) in [7, 11) is 3.21. The molecule has 0 aromatic carbocycles. The monoisotopic (exact) mass is 165 g/mol. The van der Waals surface area contributed by atoms with Crippen LogP contribution in [0.3, 0.4) is 0 Å². The Morgan fingerprint density at radius 2 is 2.17 bits per heavy atom. The fourth-order valence-corrected chi connectivity index (χ4v) is 0.858. The molecule has 1 rings (SSSR count). The molecule has 0 saturated heterocycles. The summed E-state index contributed by atoms with van der Waals surface area (Å²) in [5.74, 6) is 0.600. The highest BCUT2D eigenvalue weighted by molar-refractivity contribution is 5.42. The number of aryl methyl sites for hydroxylation is 1. The molecule has 0 aliphatic carbocycles. The molecule has 12 heavy (non-hydrogen) atoms. The van der Waals surface area contributed by atoms with Gasteiger partial charge in [0, 0.05) is 13.1 Å². The topological polar surface area (TPSA) is 46.8 Å². The van der Waals surface area contributed by atoms with E-state index in [1.54, 1.807) is 20.2 Å². The molecule has 0 saturated carbocycles. The Hall–Kier alpha value is -1.45. The summed E-state index contributed by atoms with van der Waals surface area (Å²) in [6.07, 6.45) is 0. The first kappa shape index (κ1) is 8.64. The maximum atomic E-state index is 4.94. The second-order valence-electron chi connectivity index (χ2n) is 2.26. The van der Waals surface area contributed by atoms with Crippen LogP contribution >= 0.6 is 0 Å². The highest BCUT2D eigenvalue weighted by Crippen LogP contribution is 2.19. The van der Waals surface area contributed by atoms with Crippen molar-refractivity contribution >= 4 is 5.69 Å². The molecule has 0 N–H and O–H groups in total. The van der Waals surface area contributed by atoms with E-state index in [1.807, 2.05) is 13.0 Å². The first-order chi connectivity index (χ1) is 5.77. The Morgan fingerprint density at radius 3 is 2.67 bits per heavy atom. The van der Waals surface area contributed by atoms with Crippen LogP contribution in [0.1, 0.15) is 5.69 Å². The lowest BCUT2D eigenvalue weighted by atomic mass is 10.3. The molecule has 0 unspecified atom stereocenters. The van der Waals surface area contributed by atoms with Gasteiger partial charge in [-0.25, -0.2) is 4.98 Å². The predicted molar refractivity (Wildman–Crippen MR) is 46.0 cm³/mol. The number of hydrogen-bond donors (Lipinski definition) is 0. The maximum absolute atomic E-state index is 4.94. The Balaban J connectivity index is 3.03. The van der Waals surface area contributed by atoms with E-state index in [4.69, 9.17) is 4.74 Å². The number of pyridine rings is 1. The van der Waals surface area contributed by atoms with Crippen molar-refractivity contribution in [2.45, 2.75) is 6.92 Å². The number of hydrogen-bond acceptors (Lipinski definition) is 4. The van der Waals surface area contributed by atoms with Crippen LogP contribution in [0, 0.1) is 6.92 Å². The zero-order chi connectivity index (χ0) is 8.97. The smallest absolute Gasteiger partial charge is 0.213 e. The van der Waals surface area contributed by atoms with Crippen LogP contribution in [0.4, 0.5) is 5.69 Å². The molecule has 0 amide bonds. The lowest BCUT2D eigenvalue weighted by molar-refractivity contribution is 0.397. The number of ether oxygens (including phenoxy) is 1. The minimum absolute atomic E-state index is 0.600. The SMILES string of the molecule is CN=Nc1ccc(OC)nc1C. The van der Waals surface area contributed by atoms with Crippen molar-refractivity contribution < 1.29 is 4.74 Å². The first-order valence-electron chi connectivity index (χ1n) is 3.59. The number of rotatable bonds is 2. The van der Waals surface area contributed by atoms with Crippen LogP contribution in [0.15, 0.2) is 22.4 Å². The Bertz CT molecular complexity index is 296. The molecule has 0 aliphatic heterocycles. The molecule has 0 fully saturated rings. The van der Waals surface area contributed by atoms with Crippen LogP contribution in [0.2, 0.25) is 0 Å². The fraction of sp³-hybridized carbons (Fsp3) is 0.375. The first-order valence-corrected chi connectivity index (χ1v) is 3.59. The van der Waals surface area contributed by atoms with Crippen molar-refractivity contribution in [3.63, 3.8) is 0 Å². The van der Waals surface area contributed by atoms with E-state index in [9.17, 15) is 0 Å². The number of methoxy groups -OCH3 is 1.